The average molecular weight is 799 g/mol. The predicted molar refractivity (Wildman–Crippen MR) is 227 cm³/mol. The van der Waals surface area contributed by atoms with Gasteiger partial charge in [-0.15, -0.1) is 0 Å². The molecule has 0 fully saturated rings. The molecule has 0 heterocycles. The van der Waals surface area contributed by atoms with E-state index in [1.807, 2.05) is 0 Å². The molecule has 264 valence electrons. The van der Waals surface area contributed by atoms with Crippen LogP contribution in [0.15, 0.2) is 109 Å². The smallest absolute Gasteiger partial charge is 0.0586 e. The normalized spacial score (nSPS) is 10.9. The van der Waals surface area contributed by atoms with Crippen LogP contribution in [0.5, 0.6) is 0 Å². The Labute approximate surface area is 325 Å². The molecule has 6 aromatic rings. The Morgan fingerprint density at radius 1 is 0.235 bits per heavy atom. The topological polar surface area (TPSA) is 0 Å². The summed E-state index contributed by atoms with van der Waals surface area (Å²) < 4.78 is 0. The van der Waals surface area contributed by atoms with Crippen LogP contribution in [0.3, 0.4) is 0 Å². The Morgan fingerprint density at radius 2 is 0.373 bits per heavy atom. The van der Waals surface area contributed by atoms with Crippen LogP contribution in [-0.4, -0.2) is 0 Å². The van der Waals surface area contributed by atoms with E-state index in [9.17, 15) is 0 Å². The Bertz CT molecular complexity index is 1760. The number of hydrogen-bond acceptors (Lipinski definition) is 0. The van der Waals surface area contributed by atoms with Crippen molar-refractivity contribution in [2.75, 3.05) is 0 Å². The Morgan fingerprint density at radius 3 is 0.490 bits per heavy atom. The van der Waals surface area contributed by atoms with Crippen molar-refractivity contribution in [1.29, 1.82) is 0 Å². The second-order valence-electron chi connectivity index (χ2n) is 14.4. The summed E-state index contributed by atoms with van der Waals surface area (Å²) in [5.41, 5.74) is 16.4. The van der Waals surface area contributed by atoms with Gasteiger partial charge in [-0.2, -0.15) is 0 Å². The maximum atomic E-state index is 2.34. The molecule has 0 aliphatic carbocycles. The minimum Gasteiger partial charge on any atom is -0.0586 e. The summed E-state index contributed by atoms with van der Waals surface area (Å²) in [6.07, 6.45) is 0. The first-order valence-corrected chi connectivity index (χ1v) is 20.5. The molecule has 3 heteroatoms. The van der Waals surface area contributed by atoms with Crippen molar-refractivity contribution in [3.8, 4) is 0 Å². The molecule has 6 rings (SSSR count). The second-order valence-corrected chi connectivity index (χ2v) is 18.6. The van der Waals surface area contributed by atoms with Gasteiger partial charge < -0.3 is 0 Å². The minimum absolute atomic E-state index is 0. The van der Waals surface area contributed by atoms with Gasteiger partial charge in [0.2, 0.25) is 0 Å². The number of rotatable bonds is 6. The van der Waals surface area contributed by atoms with Gasteiger partial charge in [-0.3, -0.25) is 0 Å². The molecule has 51 heavy (non-hydrogen) atoms. The predicted octanol–water partition coefficient (Wildman–Crippen LogP) is 10.6. The first-order chi connectivity index (χ1) is 23.7. The number of hydrogen-bond donors (Lipinski definition) is 0. The SMILES string of the molecule is Cc1ccc(P(c2ccc(C)cc2C)c2ccc(C)cc2C)c(C)c1.Cc1ccc(P(c2ccc(C)cc2C)c2ccc(C)cc2C)c(C)c1.[Pd+2]. The van der Waals surface area contributed by atoms with E-state index in [1.165, 1.54) is 98.6 Å². The molecule has 0 saturated heterocycles. The van der Waals surface area contributed by atoms with Crippen molar-refractivity contribution in [3.63, 3.8) is 0 Å². The van der Waals surface area contributed by atoms with Crippen LogP contribution in [0.2, 0.25) is 0 Å². The van der Waals surface area contributed by atoms with E-state index in [0.717, 1.165) is 0 Å². The van der Waals surface area contributed by atoms with Crippen LogP contribution < -0.4 is 31.8 Å². The fraction of sp³-hybridized carbons (Fsp3) is 0.250. The van der Waals surface area contributed by atoms with E-state index in [4.69, 9.17) is 0 Å². The molecule has 0 aromatic heterocycles. The van der Waals surface area contributed by atoms with Gasteiger partial charge in [-0.05, 0) is 164 Å². The summed E-state index contributed by atoms with van der Waals surface area (Å²) in [6.45, 7) is 26.6. The van der Waals surface area contributed by atoms with E-state index in [1.54, 1.807) is 0 Å². The maximum absolute atomic E-state index is 2.34. The zero-order valence-electron chi connectivity index (χ0n) is 32.6. The molecule has 0 saturated carbocycles. The van der Waals surface area contributed by atoms with E-state index < -0.39 is 15.8 Å². The molecule has 6 aromatic carbocycles. The molecular weight excluding hydrogens is 745 g/mol. The summed E-state index contributed by atoms with van der Waals surface area (Å²) in [5, 5.41) is 8.83. The van der Waals surface area contributed by atoms with Gasteiger partial charge in [0.25, 0.3) is 0 Å². The van der Waals surface area contributed by atoms with Gasteiger partial charge in [0.1, 0.15) is 0 Å². The zero-order chi connectivity index (χ0) is 36.3. The van der Waals surface area contributed by atoms with Gasteiger partial charge in [-0.25, -0.2) is 0 Å². The fourth-order valence-corrected chi connectivity index (χ4v) is 12.5. The van der Waals surface area contributed by atoms with E-state index in [0.29, 0.717) is 0 Å². The van der Waals surface area contributed by atoms with Crippen LogP contribution in [0.4, 0.5) is 0 Å². The van der Waals surface area contributed by atoms with Crippen molar-refractivity contribution in [1.82, 2.24) is 0 Å². The van der Waals surface area contributed by atoms with E-state index in [-0.39, 0.29) is 20.4 Å². The summed E-state index contributed by atoms with van der Waals surface area (Å²) in [7, 11) is -1.09. The molecule has 0 bridgehead atoms. The molecule has 0 spiro atoms. The van der Waals surface area contributed by atoms with Crippen molar-refractivity contribution < 1.29 is 20.4 Å². The molecule has 0 nitrogen and oxygen atoms in total. The maximum Gasteiger partial charge on any atom is 2.00 e. The monoisotopic (exact) mass is 798 g/mol. The fourth-order valence-electron chi connectivity index (χ4n) is 7.12. The molecule has 0 aliphatic rings. The van der Waals surface area contributed by atoms with Crippen LogP contribution in [0.1, 0.15) is 66.8 Å². The molecule has 0 amide bonds. The minimum atomic E-state index is -0.546. The molecule has 0 radical (unpaired) electrons. The Balaban J connectivity index is 0.000000224. The first-order valence-electron chi connectivity index (χ1n) is 17.8. The van der Waals surface area contributed by atoms with Gasteiger partial charge >= 0.3 is 20.4 Å². The molecular formula is C48H54P2Pd+2. The summed E-state index contributed by atoms with van der Waals surface area (Å²) in [4.78, 5) is 0. The van der Waals surface area contributed by atoms with Crippen molar-refractivity contribution in [2.24, 2.45) is 0 Å². The van der Waals surface area contributed by atoms with Gasteiger partial charge in [0, 0.05) is 0 Å². The quantitative estimate of drug-likeness (QED) is 0.116. The van der Waals surface area contributed by atoms with Crippen LogP contribution in [0, 0.1) is 83.1 Å². The third kappa shape index (κ3) is 9.64. The van der Waals surface area contributed by atoms with Crippen LogP contribution in [0.25, 0.3) is 0 Å². The average Bonchev–Trinajstić information content (AvgIpc) is 3.03. The number of aryl methyl sites for hydroxylation is 12. The third-order valence-corrected chi connectivity index (χ3v) is 15.5. The summed E-state index contributed by atoms with van der Waals surface area (Å²) in [5.74, 6) is 0. The third-order valence-electron chi connectivity index (χ3n) is 9.56. The first kappa shape index (κ1) is 40.6. The molecule has 0 N–H and O–H groups in total. The number of benzene rings is 6. The summed E-state index contributed by atoms with van der Waals surface area (Å²) in [6, 6.07) is 41.5. The summed E-state index contributed by atoms with van der Waals surface area (Å²) >= 11 is 0. The Hall–Kier alpha value is -3.16. The molecule has 0 aliphatic heterocycles. The van der Waals surface area contributed by atoms with Crippen LogP contribution in [-0.2, 0) is 20.4 Å². The second kappa shape index (κ2) is 17.6. The van der Waals surface area contributed by atoms with Gasteiger partial charge in [-0.1, -0.05) is 143 Å². The van der Waals surface area contributed by atoms with E-state index in [2.05, 4.69) is 192 Å². The molecule has 0 unspecified atom stereocenters. The van der Waals surface area contributed by atoms with E-state index >= 15 is 0 Å². The Kier molecular flexibility index (Phi) is 14.0. The van der Waals surface area contributed by atoms with Crippen molar-refractivity contribution >= 4 is 47.7 Å². The van der Waals surface area contributed by atoms with Crippen LogP contribution >= 0.6 is 15.8 Å². The van der Waals surface area contributed by atoms with Gasteiger partial charge in [0.15, 0.2) is 0 Å². The standard InChI is InChI=1S/2C24H27P.Pd/c2*1-16-7-10-22(19(4)13-16)25(23-11-8-17(2)14-20(23)5)24-12-9-18(3)15-21(24)6;/h2*7-15H,1-6H3;/q;;+2. The van der Waals surface area contributed by atoms with Crippen molar-refractivity contribution in [3.05, 3.63) is 176 Å². The van der Waals surface area contributed by atoms with Gasteiger partial charge in [0.05, 0.1) is 0 Å². The zero-order valence-corrected chi connectivity index (χ0v) is 35.9. The largest absolute Gasteiger partial charge is 2.00 e. The van der Waals surface area contributed by atoms with Crippen molar-refractivity contribution in [2.45, 2.75) is 83.1 Å². The molecule has 0 atom stereocenters.